The van der Waals surface area contributed by atoms with E-state index in [-0.39, 0.29) is 83.4 Å². The Balaban J connectivity index is 1.41. The summed E-state index contributed by atoms with van der Waals surface area (Å²) >= 11 is 0. The second-order valence-electron chi connectivity index (χ2n) is 12.1. The number of anilines is 1. The highest BCUT2D eigenvalue weighted by atomic mass is 19.1. The number of piperidine rings is 1. The van der Waals surface area contributed by atoms with Gasteiger partial charge in [0.1, 0.15) is 40.2 Å². The number of β-amino-alcohol motifs (C(OH)–C–C–N with tert-alkyl or cyclic N) is 1. The Hall–Kier alpha value is -3.94. The van der Waals surface area contributed by atoms with Gasteiger partial charge in [0.15, 0.2) is 5.82 Å². The summed E-state index contributed by atoms with van der Waals surface area (Å²) in [6.45, 7) is 1.69. The molecule has 13 heteroatoms. The van der Waals surface area contributed by atoms with Gasteiger partial charge in [0, 0.05) is 35.5 Å². The third-order valence-electron chi connectivity index (χ3n) is 9.26. The number of hydrogen-bond donors (Lipinski definition) is 3. The number of methoxy groups -OCH3 is 1. The Morgan fingerprint density at radius 2 is 2.02 bits per heavy atom. The normalized spacial score (nSPS) is 25.4. The lowest BCUT2D eigenvalue weighted by atomic mass is 9.76. The molecule has 0 amide bonds. The maximum atomic E-state index is 16.8. The van der Waals surface area contributed by atoms with Crippen molar-refractivity contribution in [3.05, 3.63) is 42.0 Å². The third kappa shape index (κ3) is 5.26. The number of phenols is 1. The number of aromatic hydroxyl groups is 1. The lowest BCUT2D eigenvalue weighted by molar-refractivity contribution is 0.0596. The van der Waals surface area contributed by atoms with Gasteiger partial charge in [0.2, 0.25) is 5.88 Å². The van der Waals surface area contributed by atoms with Crippen molar-refractivity contribution in [1.82, 2.24) is 20.3 Å². The number of ether oxygens (including phenoxy) is 3. The van der Waals surface area contributed by atoms with Gasteiger partial charge in [-0.3, -0.25) is 0 Å². The molecule has 10 nitrogen and oxygen atoms in total. The predicted molar refractivity (Wildman–Crippen MR) is 161 cm³/mol. The van der Waals surface area contributed by atoms with Gasteiger partial charge >= 0.3 is 6.01 Å². The molecule has 0 bridgehead atoms. The van der Waals surface area contributed by atoms with E-state index < -0.39 is 29.3 Å². The number of alkyl halides is 1. The van der Waals surface area contributed by atoms with Gasteiger partial charge in [0.05, 0.1) is 33.0 Å². The Bertz CT molecular complexity index is 1760. The molecule has 1 aliphatic carbocycles. The average Bonchev–Trinajstić information content (AvgIpc) is 3.21. The molecule has 4 aromatic rings. The largest absolute Gasteiger partial charge is 0.508 e. The van der Waals surface area contributed by atoms with Crippen LogP contribution in [0.4, 0.5) is 19.0 Å². The van der Waals surface area contributed by atoms with Crippen LogP contribution >= 0.6 is 0 Å². The first kappa shape index (κ1) is 29.8. The van der Waals surface area contributed by atoms with Crippen LogP contribution in [0.25, 0.3) is 32.9 Å². The smallest absolute Gasteiger partial charge is 0.319 e. The lowest BCUT2D eigenvalue weighted by Gasteiger charge is -2.40. The van der Waals surface area contributed by atoms with E-state index in [0.29, 0.717) is 24.8 Å². The van der Waals surface area contributed by atoms with Crippen molar-refractivity contribution in [3.63, 3.8) is 0 Å². The van der Waals surface area contributed by atoms with Crippen molar-refractivity contribution in [2.45, 2.75) is 44.0 Å². The number of pyridine rings is 1. The minimum absolute atomic E-state index is 0.0111. The molecule has 1 saturated carbocycles. The minimum atomic E-state index is -0.992. The molecule has 45 heavy (non-hydrogen) atoms. The van der Waals surface area contributed by atoms with Gasteiger partial charge in [-0.25, -0.2) is 18.2 Å². The SMILES string of the molecule is COc1nc(-c2cc(O)cc3cccc(F)c23)c(F)c2nc(OCC34CCCNC3C(F)CC4)nc(N3CCOCC(O)C3)c12. The van der Waals surface area contributed by atoms with Gasteiger partial charge in [-0.15, -0.1) is 0 Å². The van der Waals surface area contributed by atoms with Crippen molar-refractivity contribution < 1.29 is 37.6 Å². The zero-order valence-electron chi connectivity index (χ0n) is 24.7. The fraction of sp³-hybridized carbons (Fsp3) is 0.469. The number of phenolic OH excluding ortho intramolecular Hbond substituents is 1. The van der Waals surface area contributed by atoms with E-state index in [9.17, 15) is 14.6 Å². The maximum absolute atomic E-state index is 16.8. The molecule has 0 radical (unpaired) electrons. The van der Waals surface area contributed by atoms with Gasteiger partial charge in [-0.05, 0) is 55.8 Å². The predicted octanol–water partition coefficient (Wildman–Crippen LogP) is 4.28. The van der Waals surface area contributed by atoms with Gasteiger partial charge < -0.3 is 34.6 Å². The van der Waals surface area contributed by atoms with Crippen molar-refractivity contribution in [3.8, 4) is 28.9 Å². The van der Waals surface area contributed by atoms with E-state index >= 15 is 8.78 Å². The van der Waals surface area contributed by atoms with Crippen LogP contribution in [0.15, 0.2) is 30.3 Å². The molecule has 7 rings (SSSR count). The highest BCUT2D eigenvalue weighted by molar-refractivity contribution is 6.02. The fourth-order valence-electron chi connectivity index (χ4n) is 7.16. The zero-order valence-corrected chi connectivity index (χ0v) is 24.7. The van der Waals surface area contributed by atoms with Gasteiger partial charge in [-0.1, -0.05) is 12.1 Å². The van der Waals surface area contributed by atoms with Crippen LogP contribution in [0.1, 0.15) is 25.7 Å². The molecule has 4 heterocycles. The molecule has 2 aliphatic heterocycles. The molecule has 2 aromatic carbocycles. The number of fused-ring (bicyclic) bond motifs is 3. The second-order valence-corrected chi connectivity index (χ2v) is 12.1. The number of benzene rings is 2. The number of aliphatic hydroxyl groups is 1. The van der Waals surface area contributed by atoms with Crippen LogP contribution in [0.5, 0.6) is 17.6 Å². The van der Waals surface area contributed by atoms with Crippen LogP contribution in [-0.2, 0) is 4.74 Å². The molecule has 3 N–H and O–H groups in total. The third-order valence-corrected chi connectivity index (χ3v) is 9.26. The highest BCUT2D eigenvalue weighted by Crippen LogP contribution is 2.46. The number of aromatic nitrogens is 3. The van der Waals surface area contributed by atoms with Crippen LogP contribution in [0.2, 0.25) is 0 Å². The molecule has 4 atom stereocenters. The average molecular weight is 626 g/mol. The van der Waals surface area contributed by atoms with E-state index in [1.54, 1.807) is 11.0 Å². The molecule has 2 aromatic heterocycles. The summed E-state index contributed by atoms with van der Waals surface area (Å²) < 4.78 is 64.1. The monoisotopic (exact) mass is 625 g/mol. The number of rotatable bonds is 6. The van der Waals surface area contributed by atoms with Crippen LogP contribution in [0.3, 0.4) is 0 Å². The van der Waals surface area contributed by atoms with E-state index in [1.807, 2.05) is 0 Å². The van der Waals surface area contributed by atoms with Crippen molar-refractivity contribution in [2.24, 2.45) is 5.41 Å². The van der Waals surface area contributed by atoms with E-state index in [1.165, 1.54) is 31.4 Å². The van der Waals surface area contributed by atoms with Crippen LogP contribution < -0.4 is 19.7 Å². The molecule has 3 fully saturated rings. The fourth-order valence-corrected chi connectivity index (χ4v) is 7.16. The Kier molecular flexibility index (Phi) is 7.78. The lowest BCUT2D eigenvalue weighted by Crippen LogP contribution is -2.52. The van der Waals surface area contributed by atoms with Crippen molar-refractivity contribution in [2.75, 3.05) is 51.5 Å². The summed E-state index contributed by atoms with van der Waals surface area (Å²) in [5, 5.41) is 24.8. The van der Waals surface area contributed by atoms with Gasteiger partial charge in [-0.2, -0.15) is 9.97 Å². The molecule has 238 valence electrons. The van der Waals surface area contributed by atoms with E-state index in [0.717, 1.165) is 19.4 Å². The Morgan fingerprint density at radius 3 is 2.87 bits per heavy atom. The topological polar surface area (TPSA) is 122 Å². The molecule has 3 aliphatic rings. The number of nitrogens with one attached hydrogen (secondary N) is 1. The van der Waals surface area contributed by atoms with E-state index in [2.05, 4.69) is 20.3 Å². The number of hydrogen-bond acceptors (Lipinski definition) is 10. The van der Waals surface area contributed by atoms with E-state index in [4.69, 9.17) is 14.2 Å². The first-order chi connectivity index (χ1) is 21.8. The summed E-state index contributed by atoms with van der Waals surface area (Å²) in [6, 6.07) is 6.48. The second kappa shape index (κ2) is 11.8. The Morgan fingerprint density at radius 1 is 1.16 bits per heavy atom. The first-order valence-electron chi connectivity index (χ1n) is 15.2. The quantitative estimate of drug-likeness (QED) is 0.286. The number of nitrogens with zero attached hydrogens (tertiary/aromatic N) is 4. The van der Waals surface area contributed by atoms with Crippen molar-refractivity contribution in [1.29, 1.82) is 0 Å². The maximum Gasteiger partial charge on any atom is 0.319 e. The molecule has 2 saturated heterocycles. The number of halogens is 3. The summed E-state index contributed by atoms with van der Waals surface area (Å²) in [5.74, 6) is -1.55. The summed E-state index contributed by atoms with van der Waals surface area (Å²) in [5.41, 5.74) is -0.932. The summed E-state index contributed by atoms with van der Waals surface area (Å²) in [6.07, 6.45) is 0.860. The summed E-state index contributed by atoms with van der Waals surface area (Å²) in [4.78, 5) is 15.3. The minimum Gasteiger partial charge on any atom is -0.508 e. The van der Waals surface area contributed by atoms with Crippen molar-refractivity contribution >= 4 is 27.5 Å². The number of aliphatic hydroxyl groups excluding tert-OH is 1. The molecule has 4 unspecified atom stereocenters. The molecular formula is C32H34F3N5O5. The van der Waals surface area contributed by atoms with Gasteiger partial charge in [0.25, 0.3) is 0 Å². The Labute approximate surface area is 257 Å². The highest BCUT2D eigenvalue weighted by Gasteiger charge is 2.50. The van der Waals surface area contributed by atoms with Crippen LogP contribution in [-0.4, -0.2) is 90.0 Å². The van der Waals surface area contributed by atoms with Crippen LogP contribution in [0, 0.1) is 17.0 Å². The standard InChI is InChI=1S/C32H34F3N5O5/c1-43-30-24-27(25(35)26(37-30)20-13-18(41)12-17-4-2-5-21(33)23(17)20)38-31(39-29(24)40-10-11-44-15-19(42)14-40)45-16-32-7-3-9-36-28(32)22(34)6-8-32/h2,4-5,12-13,19,22,28,36,41-42H,3,6-11,14-16H2,1H3. The molecule has 0 spiro atoms. The molecular weight excluding hydrogens is 591 g/mol. The first-order valence-corrected chi connectivity index (χ1v) is 15.2. The zero-order chi connectivity index (χ0) is 31.3. The summed E-state index contributed by atoms with van der Waals surface area (Å²) in [7, 11) is 1.36.